The summed E-state index contributed by atoms with van der Waals surface area (Å²) in [7, 11) is 0. The largest absolute Gasteiger partial charge is 0.0894 e. The molecule has 0 nitrogen and oxygen atoms in total. The fourth-order valence-corrected chi connectivity index (χ4v) is 6.32. The molecular weight excluding hydrogens is 344 g/mol. The lowest BCUT2D eigenvalue weighted by Gasteiger charge is -2.40. The Morgan fingerprint density at radius 3 is 1.81 bits per heavy atom. The maximum absolute atomic E-state index is 2.33. The van der Waals surface area contributed by atoms with E-state index in [0.29, 0.717) is 0 Å². The predicted octanol–water partition coefficient (Wildman–Crippen LogP) is 6.82. The predicted molar refractivity (Wildman–Crippen MR) is 113 cm³/mol. The Kier molecular flexibility index (Phi) is 3.04. The molecule has 2 aliphatic rings. The lowest BCUT2D eigenvalue weighted by atomic mass is 9.66. The van der Waals surface area contributed by atoms with E-state index in [1.807, 2.05) is 11.8 Å². The molecule has 1 aliphatic carbocycles. The van der Waals surface area contributed by atoms with Crippen molar-refractivity contribution >= 4 is 11.8 Å². The van der Waals surface area contributed by atoms with E-state index in [4.69, 9.17) is 0 Å². The highest BCUT2D eigenvalue weighted by Gasteiger charge is 2.50. The molecule has 0 unspecified atom stereocenters. The maximum Gasteiger partial charge on any atom is 0.0737 e. The number of rotatable bonds is 0. The topological polar surface area (TPSA) is 0 Å². The molecule has 4 aromatic rings. The highest BCUT2D eigenvalue weighted by Crippen LogP contribution is 2.62. The Bertz CT molecular complexity index is 1170. The van der Waals surface area contributed by atoms with Gasteiger partial charge in [-0.2, -0.15) is 0 Å². The van der Waals surface area contributed by atoms with Crippen molar-refractivity contribution in [3.8, 4) is 11.1 Å². The molecular formula is C26H18S. The SMILES string of the molecule is Cc1cccc2c1C1(c3ccccc3Sc3ccccc31)c1ccccc1-2. The van der Waals surface area contributed by atoms with Crippen LogP contribution in [0.4, 0.5) is 0 Å². The summed E-state index contributed by atoms with van der Waals surface area (Å²) in [4.78, 5) is 2.73. The van der Waals surface area contributed by atoms with Gasteiger partial charge in [0.05, 0.1) is 5.41 Å². The van der Waals surface area contributed by atoms with Crippen LogP contribution in [0.25, 0.3) is 11.1 Å². The van der Waals surface area contributed by atoms with Crippen molar-refractivity contribution in [2.75, 3.05) is 0 Å². The summed E-state index contributed by atoms with van der Waals surface area (Å²) >= 11 is 1.90. The van der Waals surface area contributed by atoms with Crippen molar-refractivity contribution in [1.82, 2.24) is 0 Å². The van der Waals surface area contributed by atoms with E-state index < -0.39 is 0 Å². The monoisotopic (exact) mass is 362 g/mol. The molecule has 6 rings (SSSR count). The molecule has 1 spiro atoms. The number of fused-ring (bicyclic) bond motifs is 9. The Hall–Kier alpha value is -2.77. The third-order valence-electron chi connectivity index (χ3n) is 6.07. The third-order valence-corrected chi connectivity index (χ3v) is 7.22. The van der Waals surface area contributed by atoms with Crippen LogP contribution in [0.1, 0.15) is 27.8 Å². The van der Waals surface area contributed by atoms with E-state index in [1.165, 1.54) is 48.7 Å². The Morgan fingerprint density at radius 1 is 0.556 bits per heavy atom. The molecule has 0 aromatic heterocycles. The van der Waals surface area contributed by atoms with Crippen molar-refractivity contribution in [2.24, 2.45) is 0 Å². The van der Waals surface area contributed by atoms with E-state index in [1.54, 1.807) is 0 Å². The van der Waals surface area contributed by atoms with Gasteiger partial charge in [0.2, 0.25) is 0 Å². The molecule has 1 aliphatic heterocycles. The first-order valence-electron chi connectivity index (χ1n) is 9.38. The Balaban J connectivity index is 1.89. The molecule has 4 aromatic carbocycles. The lowest BCUT2D eigenvalue weighted by molar-refractivity contribution is 0.717. The van der Waals surface area contributed by atoms with E-state index in [2.05, 4.69) is 97.9 Å². The van der Waals surface area contributed by atoms with Gasteiger partial charge in [0.25, 0.3) is 0 Å². The first kappa shape index (κ1) is 15.3. The fourth-order valence-electron chi connectivity index (χ4n) is 5.12. The van der Waals surface area contributed by atoms with E-state index in [-0.39, 0.29) is 5.41 Å². The van der Waals surface area contributed by atoms with Gasteiger partial charge in [0.1, 0.15) is 0 Å². The third kappa shape index (κ3) is 1.80. The lowest BCUT2D eigenvalue weighted by Crippen LogP contribution is -2.32. The van der Waals surface area contributed by atoms with Gasteiger partial charge in [-0.05, 0) is 58.0 Å². The molecule has 0 N–H and O–H groups in total. The molecule has 0 saturated carbocycles. The molecule has 1 heterocycles. The molecule has 27 heavy (non-hydrogen) atoms. The molecule has 0 amide bonds. The Labute approximate surface area is 163 Å². The van der Waals surface area contributed by atoms with Gasteiger partial charge in [-0.1, -0.05) is 90.6 Å². The minimum absolute atomic E-state index is 0.226. The molecule has 128 valence electrons. The number of aryl methyl sites for hydroxylation is 1. The zero-order valence-corrected chi connectivity index (χ0v) is 15.9. The van der Waals surface area contributed by atoms with E-state index in [0.717, 1.165) is 0 Å². The van der Waals surface area contributed by atoms with Crippen LogP contribution < -0.4 is 0 Å². The highest BCUT2D eigenvalue weighted by molar-refractivity contribution is 7.99. The summed E-state index contributed by atoms with van der Waals surface area (Å²) < 4.78 is 0. The summed E-state index contributed by atoms with van der Waals surface area (Å²) in [6, 6.07) is 33.6. The van der Waals surface area contributed by atoms with Gasteiger partial charge in [-0.3, -0.25) is 0 Å². The first-order chi connectivity index (χ1) is 13.3. The minimum atomic E-state index is -0.226. The van der Waals surface area contributed by atoms with Crippen LogP contribution in [-0.4, -0.2) is 0 Å². The molecule has 0 radical (unpaired) electrons. The first-order valence-corrected chi connectivity index (χ1v) is 10.2. The smallest absolute Gasteiger partial charge is 0.0737 e. The molecule has 0 saturated heterocycles. The standard InChI is InChI=1S/C26H18S/c1-17-9-8-11-19-18-10-2-3-12-20(18)26(25(17)19)21-13-4-6-15-23(21)27-24-16-7-5-14-22(24)26/h2-16H,1H3. The van der Waals surface area contributed by atoms with Crippen molar-refractivity contribution in [1.29, 1.82) is 0 Å². The quantitative estimate of drug-likeness (QED) is 0.285. The van der Waals surface area contributed by atoms with Gasteiger partial charge in [0.15, 0.2) is 0 Å². The normalized spacial score (nSPS) is 15.0. The summed E-state index contributed by atoms with van der Waals surface area (Å²) in [6.45, 7) is 2.26. The van der Waals surface area contributed by atoms with Gasteiger partial charge < -0.3 is 0 Å². The van der Waals surface area contributed by atoms with Crippen molar-refractivity contribution in [2.45, 2.75) is 22.1 Å². The van der Waals surface area contributed by atoms with Crippen LogP contribution in [-0.2, 0) is 5.41 Å². The van der Waals surface area contributed by atoms with E-state index >= 15 is 0 Å². The summed E-state index contributed by atoms with van der Waals surface area (Å²) in [5, 5.41) is 0. The van der Waals surface area contributed by atoms with Crippen LogP contribution in [0.5, 0.6) is 0 Å². The summed E-state index contributed by atoms with van der Waals surface area (Å²) in [5.74, 6) is 0. The second-order valence-electron chi connectivity index (χ2n) is 7.39. The van der Waals surface area contributed by atoms with Gasteiger partial charge >= 0.3 is 0 Å². The average Bonchev–Trinajstić information content (AvgIpc) is 3.01. The van der Waals surface area contributed by atoms with E-state index in [9.17, 15) is 0 Å². The zero-order chi connectivity index (χ0) is 18.0. The second kappa shape index (κ2) is 5.37. The van der Waals surface area contributed by atoms with Gasteiger partial charge in [-0.15, -0.1) is 0 Å². The summed E-state index contributed by atoms with van der Waals surface area (Å²) in [6.07, 6.45) is 0. The molecule has 0 bridgehead atoms. The van der Waals surface area contributed by atoms with Crippen LogP contribution in [0, 0.1) is 6.92 Å². The highest BCUT2D eigenvalue weighted by atomic mass is 32.2. The molecule has 0 fully saturated rings. The maximum atomic E-state index is 2.33. The van der Waals surface area contributed by atoms with Crippen LogP contribution in [0.2, 0.25) is 0 Å². The van der Waals surface area contributed by atoms with Crippen molar-refractivity contribution in [3.05, 3.63) is 119 Å². The van der Waals surface area contributed by atoms with Gasteiger partial charge in [-0.25, -0.2) is 0 Å². The zero-order valence-electron chi connectivity index (χ0n) is 15.1. The van der Waals surface area contributed by atoms with Gasteiger partial charge in [0, 0.05) is 9.79 Å². The number of hydrogen-bond acceptors (Lipinski definition) is 1. The molecule has 1 heteroatoms. The minimum Gasteiger partial charge on any atom is -0.0894 e. The van der Waals surface area contributed by atoms with Crippen LogP contribution in [0.15, 0.2) is 101 Å². The Morgan fingerprint density at radius 2 is 1.11 bits per heavy atom. The van der Waals surface area contributed by atoms with Crippen LogP contribution in [0.3, 0.4) is 0 Å². The molecule has 0 atom stereocenters. The second-order valence-corrected chi connectivity index (χ2v) is 8.47. The van der Waals surface area contributed by atoms with Crippen molar-refractivity contribution in [3.63, 3.8) is 0 Å². The summed E-state index contributed by atoms with van der Waals surface area (Å²) in [5.41, 5.74) is 9.56. The number of benzene rings is 4. The average molecular weight is 362 g/mol. The van der Waals surface area contributed by atoms with Crippen molar-refractivity contribution < 1.29 is 0 Å². The van der Waals surface area contributed by atoms with Crippen LogP contribution >= 0.6 is 11.8 Å². The fraction of sp³-hybridized carbons (Fsp3) is 0.0769. The number of hydrogen-bond donors (Lipinski definition) is 0.